The van der Waals surface area contributed by atoms with E-state index in [9.17, 15) is 13.2 Å². The first-order valence-electron chi connectivity index (χ1n) is 8.61. The zero-order valence-corrected chi connectivity index (χ0v) is 18.8. The van der Waals surface area contributed by atoms with Crippen LogP contribution in [-0.2, 0) is 8.23 Å². The highest BCUT2D eigenvalue weighted by Gasteiger charge is 2.45. The lowest BCUT2D eigenvalue weighted by Gasteiger charge is -2.41. The lowest BCUT2D eigenvalue weighted by molar-refractivity contribution is -0.131. The van der Waals surface area contributed by atoms with E-state index in [1.165, 1.54) is 0 Å². The summed E-state index contributed by atoms with van der Waals surface area (Å²) in [6.45, 7) is 11.1. The summed E-state index contributed by atoms with van der Waals surface area (Å²) < 4.78 is 51.0. The number of hydrogen-bond donors (Lipinski definition) is 2. The van der Waals surface area contributed by atoms with Crippen LogP contribution in [0.5, 0.6) is 0 Å². The maximum Gasteiger partial charge on any atom is 0.389 e. The van der Waals surface area contributed by atoms with E-state index >= 15 is 0 Å². The lowest BCUT2D eigenvalue weighted by atomic mass is 10.5. The molecule has 0 heterocycles. The van der Waals surface area contributed by atoms with Crippen LogP contribution in [0.25, 0.3) is 0 Å². The van der Waals surface area contributed by atoms with Gasteiger partial charge in [0, 0.05) is 6.42 Å². The van der Waals surface area contributed by atoms with Crippen LogP contribution in [-0.4, -0.2) is 44.5 Å². The fourth-order valence-electron chi connectivity index (χ4n) is 2.82. The molecule has 0 fully saturated rings. The molecular weight excluding hydrogens is 369 g/mol. The summed E-state index contributed by atoms with van der Waals surface area (Å²) in [5.41, 5.74) is 11.1. The Morgan fingerprint density at radius 3 is 1.42 bits per heavy atom. The molecular formula is C14H35F3N2O2Si3. The average molecular weight is 405 g/mol. The molecule has 4 nitrogen and oxygen atoms in total. The molecule has 0 unspecified atom stereocenters. The summed E-state index contributed by atoms with van der Waals surface area (Å²) in [5, 5.41) is 0. The Kier molecular flexibility index (Phi) is 9.95. The molecule has 0 bridgehead atoms. The highest BCUT2D eigenvalue weighted by molar-refractivity contribution is 6.88. The number of alkyl halides is 3. The largest absolute Gasteiger partial charge is 0.436 e. The maximum absolute atomic E-state index is 12.8. The predicted octanol–water partition coefficient (Wildman–Crippen LogP) is 4.15. The van der Waals surface area contributed by atoms with E-state index in [1.54, 1.807) is 6.55 Å². The van der Waals surface area contributed by atoms with Crippen molar-refractivity contribution >= 4 is 25.2 Å². The summed E-state index contributed by atoms with van der Waals surface area (Å²) in [4.78, 5) is 0. The highest BCUT2D eigenvalue weighted by atomic mass is 28.5. The molecule has 146 valence electrons. The van der Waals surface area contributed by atoms with Gasteiger partial charge >= 0.3 is 14.7 Å². The average Bonchev–Trinajstić information content (AvgIpc) is 2.39. The molecule has 0 aliphatic heterocycles. The minimum absolute atomic E-state index is 0.0470. The van der Waals surface area contributed by atoms with Gasteiger partial charge in [-0.3, -0.25) is 0 Å². The van der Waals surface area contributed by atoms with Crippen LogP contribution in [0.1, 0.15) is 19.3 Å². The lowest BCUT2D eigenvalue weighted by Crippen LogP contribution is -2.54. The van der Waals surface area contributed by atoms with Crippen molar-refractivity contribution in [3.63, 3.8) is 0 Å². The van der Waals surface area contributed by atoms with Crippen molar-refractivity contribution in [1.82, 2.24) is 0 Å². The third-order valence-corrected chi connectivity index (χ3v) is 16.0. The van der Waals surface area contributed by atoms with Crippen molar-refractivity contribution < 1.29 is 21.4 Å². The van der Waals surface area contributed by atoms with Gasteiger partial charge in [-0.05, 0) is 76.8 Å². The Morgan fingerprint density at radius 1 is 0.750 bits per heavy atom. The number of halogens is 3. The van der Waals surface area contributed by atoms with E-state index in [-0.39, 0.29) is 6.04 Å². The van der Waals surface area contributed by atoms with Gasteiger partial charge in [0.1, 0.15) is 0 Å². The fraction of sp³-hybridized carbons (Fsp3) is 1.00. The van der Waals surface area contributed by atoms with E-state index in [2.05, 4.69) is 0 Å². The van der Waals surface area contributed by atoms with Crippen LogP contribution in [0.4, 0.5) is 13.2 Å². The number of rotatable bonds is 12. The molecule has 0 radical (unpaired) electrons. The molecule has 0 saturated heterocycles. The Morgan fingerprint density at radius 2 is 1.12 bits per heavy atom. The second kappa shape index (κ2) is 9.83. The first-order valence-corrected chi connectivity index (χ1v) is 17.4. The van der Waals surface area contributed by atoms with Gasteiger partial charge in [0.15, 0.2) is 16.6 Å². The van der Waals surface area contributed by atoms with Gasteiger partial charge in [-0.2, -0.15) is 13.2 Å². The van der Waals surface area contributed by atoms with Gasteiger partial charge in [-0.15, -0.1) is 0 Å². The molecule has 24 heavy (non-hydrogen) atoms. The van der Waals surface area contributed by atoms with Gasteiger partial charge in [-0.1, -0.05) is 0 Å². The third-order valence-electron chi connectivity index (χ3n) is 3.81. The molecule has 0 aromatic heterocycles. The number of nitrogens with two attached hydrogens (primary N) is 2. The molecule has 0 aromatic carbocycles. The van der Waals surface area contributed by atoms with E-state index in [1.807, 2.05) is 26.2 Å². The molecule has 0 aliphatic carbocycles. The van der Waals surface area contributed by atoms with Crippen molar-refractivity contribution in [2.24, 2.45) is 11.5 Å². The van der Waals surface area contributed by atoms with Gasteiger partial charge in [0.25, 0.3) is 0 Å². The van der Waals surface area contributed by atoms with E-state index < -0.39 is 37.8 Å². The van der Waals surface area contributed by atoms with Crippen molar-refractivity contribution in [2.45, 2.75) is 76.3 Å². The summed E-state index contributed by atoms with van der Waals surface area (Å²) in [6, 6.07) is 1.63. The van der Waals surface area contributed by atoms with E-state index in [4.69, 9.17) is 19.7 Å². The molecule has 0 amide bonds. The second-order valence-electron chi connectivity index (χ2n) is 7.76. The van der Waals surface area contributed by atoms with Crippen LogP contribution < -0.4 is 11.5 Å². The molecule has 0 rings (SSSR count). The summed E-state index contributed by atoms with van der Waals surface area (Å²) in [6.07, 6.45) is -3.38. The standard InChI is InChI=1S/C14H35F3N2O2Si3/c1-22(2,11-6-9-18)20-24(5,13-8-14(15,16)17)21-23(3,4)12-7-10-19/h6-13,18-19H2,1-5H3. The molecule has 4 N–H and O–H groups in total. The number of hydrogen-bond acceptors (Lipinski definition) is 4. The minimum Gasteiger partial charge on any atom is -0.436 e. The van der Waals surface area contributed by atoms with Crippen molar-refractivity contribution in [2.75, 3.05) is 13.1 Å². The van der Waals surface area contributed by atoms with Crippen LogP contribution in [0, 0.1) is 0 Å². The van der Waals surface area contributed by atoms with Gasteiger partial charge in [0.05, 0.1) is 0 Å². The van der Waals surface area contributed by atoms with Crippen molar-refractivity contribution in [3.05, 3.63) is 0 Å². The predicted molar refractivity (Wildman–Crippen MR) is 101 cm³/mol. The Labute approximate surface area is 148 Å². The third kappa shape index (κ3) is 11.8. The molecule has 0 aliphatic rings. The molecule has 0 atom stereocenters. The first-order chi connectivity index (χ1) is 10.7. The van der Waals surface area contributed by atoms with Crippen molar-refractivity contribution in [3.8, 4) is 0 Å². The normalized spacial score (nSPS) is 14.2. The quantitative estimate of drug-likeness (QED) is 0.479. The van der Waals surface area contributed by atoms with Gasteiger partial charge < -0.3 is 19.7 Å². The summed E-state index contributed by atoms with van der Waals surface area (Å²) in [5.74, 6) is 0. The minimum atomic E-state index is -4.19. The smallest absolute Gasteiger partial charge is 0.389 e. The Balaban J connectivity index is 5.13. The van der Waals surface area contributed by atoms with Crippen LogP contribution in [0.2, 0.25) is 50.9 Å². The van der Waals surface area contributed by atoms with Crippen LogP contribution in [0.15, 0.2) is 0 Å². The fourth-order valence-corrected chi connectivity index (χ4v) is 17.2. The van der Waals surface area contributed by atoms with Crippen LogP contribution >= 0.6 is 0 Å². The molecule has 0 spiro atoms. The summed E-state index contributed by atoms with van der Waals surface area (Å²) >= 11 is 0. The second-order valence-corrected chi connectivity index (χ2v) is 20.2. The van der Waals surface area contributed by atoms with Crippen LogP contribution in [0.3, 0.4) is 0 Å². The topological polar surface area (TPSA) is 70.5 Å². The van der Waals surface area contributed by atoms with E-state index in [0.717, 1.165) is 24.9 Å². The Hall–Kier alpha value is 0.281. The zero-order chi connectivity index (χ0) is 19.1. The highest BCUT2D eigenvalue weighted by Crippen LogP contribution is 2.33. The van der Waals surface area contributed by atoms with Crippen molar-refractivity contribution in [1.29, 1.82) is 0 Å². The monoisotopic (exact) mass is 404 g/mol. The van der Waals surface area contributed by atoms with E-state index in [0.29, 0.717) is 13.1 Å². The SMILES string of the molecule is C[Si](C)(CCCN)O[Si](C)(CCC(F)(F)F)O[Si](C)(C)CCCN. The Bertz CT molecular complexity index is 348. The zero-order valence-electron chi connectivity index (χ0n) is 15.8. The first kappa shape index (κ1) is 24.3. The maximum atomic E-state index is 12.8. The van der Waals surface area contributed by atoms with Gasteiger partial charge in [0.2, 0.25) is 0 Å². The molecule has 0 saturated carbocycles. The molecule has 10 heteroatoms. The molecule has 0 aromatic rings. The van der Waals surface area contributed by atoms with Gasteiger partial charge in [-0.25, -0.2) is 0 Å². The summed E-state index contributed by atoms with van der Waals surface area (Å²) in [7, 11) is -7.11.